The lowest BCUT2D eigenvalue weighted by molar-refractivity contribution is -0.128. The maximum atomic E-state index is 11.9. The SMILES string of the molecule is CNC(=O)C1(C)CCN(c2ncc(C(=O)O)cc2Cl)C1. The molecule has 0 bridgehead atoms. The summed E-state index contributed by atoms with van der Waals surface area (Å²) in [5.74, 6) is -0.565. The average molecular weight is 298 g/mol. The normalized spacial score (nSPS) is 21.9. The first-order chi connectivity index (χ1) is 9.37. The van der Waals surface area contributed by atoms with Crippen molar-refractivity contribution in [1.29, 1.82) is 0 Å². The van der Waals surface area contributed by atoms with Gasteiger partial charge in [-0.15, -0.1) is 0 Å². The Hall–Kier alpha value is -1.82. The van der Waals surface area contributed by atoms with Crippen molar-refractivity contribution < 1.29 is 14.7 Å². The molecule has 1 saturated heterocycles. The van der Waals surface area contributed by atoms with Crippen molar-refractivity contribution in [1.82, 2.24) is 10.3 Å². The smallest absolute Gasteiger partial charge is 0.337 e. The van der Waals surface area contributed by atoms with E-state index in [-0.39, 0.29) is 16.5 Å². The molecule has 1 atom stereocenters. The van der Waals surface area contributed by atoms with E-state index in [9.17, 15) is 9.59 Å². The lowest BCUT2D eigenvalue weighted by Gasteiger charge is -2.23. The molecule has 1 aliphatic heterocycles. The van der Waals surface area contributed by atoms with Crippen LogP contribution in [0.2, 0.25) is 5.02 Å². The van der Waals surface area contributed by atoms with Crippen molar-refractivity contribution in [3.63, 3.8) is 0 Å². The highest BCUT2D eigenvalue weighted by molar-refractivity contribution is 6.33. The molecule has 0 spiro atoms. The number of anilines is 1. The van der Waals surface area contributed by atoms with Crippen LogP contribution in [-0.4, -0.2) is 42.1 Å². The zero-order valence-corrected chi connectivity index (χ0v) is 12.1. The minimum Gasteiger partial charge on any atom is -0.478 e. The lowest BCUT2D eigenvalue weighted by Crippen LogP contribution is -2.39. The Morgan fingerprint density at radius 1 is 1.55 bits per heavy atom. The molecule has 1 fully saturated rings. The number of nitrogens with one attached hydrogen (secondary N) is 1. The topological polar surface area (TPSA) is 82.5 Å². The van der Waals surface area contributed by atoms with E-state index in [0.29, 0.717) is 25.3 Å². The highest BCUT2D eigenvalue weighted by atomic mass is 35.5. The molecule has 0 radical (unpaired) electrons. The van der Waals surface area contributed by atoms with Crippen LogP contribution in [-0.2, 0) is 4.79 Å². The number of hydrogen-bond acceptors (Lipinski definition) is 4. The van der Waals surface area contributed by atoms with Crippen LogP contribution in [0.4, 0.5) is 5.82 Å². The zero-order chi connectivity index (χ0) is 14.9. The molecule has 0 aliphatic carbocycles. The summed E-state index contributed by atoms with van der Waals surface area (Å²) in [7, 11) is 1.61. The van der Waals surface area contributed by atoms with Crippen LogP contribution in [0.25, 0.3) is 0 Å². The van der Waals surface area contributed by atoms with Crippen molar-refractivity contribution in [2.45, 2.75) is 13.3 Å². The van der Waals surface area contributed by atoms with Gasteiger partial charge in [0.2, 0.25) is 5.91 Å². The number of pyridine rings is 1. The summed E-state index contributed by atoms with van der Waals surface area (Å²) in [6.07, 6.45) is 1.98. The van der Waals surface area contributed by atoms with Gasteiger partial charge in [0, 0.05) is 26.3 Å². The number of aromatic carboxylic acids is 1. The van der Waals surface area contributed by atoms with E-state index in [0.717, 1.165) is 0 Å². The molecule has 2 N–H and O–H groups in total. The molecule has 1 aromatic heterocycles. The predicted octanol–water partition coefficient (Wildman–Crippen LogP) is 1.40. The molecule has 108 valence electrons. The van der Waals surface area contributed by atoms with Crippen molar-refractivity contribution in [3.05, 3.63) is 22.8 Å². The van der Waals surface area contributed by atoms with Crippen LogP contribution in [0.5, 0.6) is 0 Å². The molecule has 1 unspecified atom stereocenters. The van der Waals surface area contributed by atoms with E-state index in [1.165, 1.54) is 12.3 Å². The second kappa shape index (κ2) is 5.28. The Morgan fingerprint density at radius 3 is 2.80 bits per heavy atom. The Bertz CT molecular complexity index is 564. The minimum atomic E-state index is -1.07. The molecule has 0 aromatic carbocycles. The maximum Gasteiger partial charge on any atom is 0.337 e. The molecule has 2 rings (SSSR count). The van der Waals surface area contributed by atoms with Crippen LogP contribution in [0.15, 0.2) is 12.3 Å². The van der Waals surface area contributed by atoms with Crippen LogP contribution in [0, 0.1) is 5.41 Å². The molecule has 20 heavy (non-hydrogen) atoms. The van der Waals surface area contributed by atoms with Gasteiger partial charge < -0.3 is 15.3 Å². The van der Waals surface area contributed by atoms with Gasteiger partial charge in [-0.3, -0.25) is 4.79 Å². The van der Waals surface area contributed by atoms with Crippen molar-refractivity contribution in [2.24, 2.45) is 5.41 Å². The zero-order valence-electron chi connectivity index (χ0n) is 11.3. The van der Waals surface area contributed by atoms with E-state index in [4.69, 9.17) is 16.7 Å². The fourth-order valence-electron chi connectivity index (χ4n) is 2.41. The summed E-state index contributed by atoms with van der Waals surface area (Å²) < 4.78 is 0. The Labute approximate surface area is 121 Å². The summed E-state index contributed by atoms with van der Waals surface area (Å²) in [4.78, 5) is 28.7. The largest absolute Gasteiger partial charge is 0.478 e. The quantitative estimate of drug-likeness (QED) is 0.881. The summed E-state index contributed by atoms with van der Waals surface area (Å²) in [6, 6.07) is 1.38. The molecular formula is C13H16ClN3O3. The first-order valence-corrected chi connectivity index (χ1v) is 6.61. The minimum absolute atomic E-state index is 0.0155. The van der Waals surface area contributed by atoms with Crippen LogP contribution >= 0.6 is 11.6 Å². The molecule has 1 aliphatic rings. The molecule has 7 heteroatoms. The van der Waals surface area contributed by atoms with Crippen LogP contribution in [0.1, 0.15) is 23.7 Å². The second-order valence-corrected chi connectivity index (χ2v) is 5.55. The maximum absolute atomic E-state index is 11.9. The Kier molecular flexibility index (Phi) is 3.85. The van der Waals surface area contributed by atoms with Gasteiger partial charge in [0.25, 0.3) is 0 Å². The van der Waals surface area contributed by atoms with Gasteiger partial charge in [-0.2, -0.15) is 0 Å². The van der Waals surface area contributed by atoms with Gasteiger partial charge in [-0.1, -0.05) is 11.6 Å². The predicted molar refractivity (Wildman–Crippen MR) is 75.2 cm³/mol. The van der Waals surface area contributed by atoms with E-state index in [2.05, 4.69) is 10.3 Å². The van der Waals surface area contributed by atoms with E-state index in [1.54, 1.807) is 7.05 Å². The molecule has 2 heterocycles. The number of hydrogen-bond donors (Lipinski definition) is 2. The summed E-state index contributed by atoms with van der Waals surface area (Å²) in [5.41, 5.74) is -0.433. The Balaban J connectivity index is 2.22. The highest BCUT2D eigenvalue weighted by Crippen LogP contribution is 2.35. The molecule has 6 nitrogen and oxygen atoms in total. The second-order valence-electron chi connectivity index (χ2n) is 5.15. The highest BCUT2D eigenvalue weighted by Gasteiger charge is 2.40. The van der Waals surface area contributed by atoms with E-state index >= 15 is 0 Å². The third kappa shape index (κ3) is 2.56. The Morgan fingerprint density at radius 2 is 2.25 bits per heavy atom. The fourth-order valence-corrected chi connectivity index (χ4v) is 2.70. The number of nitrogens with zero attached hydrogens (tertiary/aromatic N) is 2. The number of rotatable bonds is 3. The van der Waals surface area contributed by atoms with Crippen molar-refractivity contribution >= 4 is 29.3 Å². The molecular weight excluding hydrogens is 282 g/mol. The fraction of sp³-hybridized carbons (Fsp3) is 0.462. The number of halogens is 1. The van der Waals surface area contributed by atoms with E-state index < -0.39 is 11.4 Å². The first-order valence-electron chi connectivity index (χ1n) is 6.23. The third-order valence-corrected chi connectivity index (χ3v) is 3.89. The van der Waals surface area contributed by atoms with Crippen LogP contribution < -0.4 is 10.2 Å². The van der Waals surface area contributed by atoms with Gasteiger partial charge in [-0.25, -0.2) is 9.78 Å². The first kappa shape index (κ1) is 14.6. The number of aromatic nitrogens is 1. The van der Waals surface area contributed by atoms with Gasteiger partial charge >= 0.3 is 5.97 Å². The molecule has 1 amide bonds. The van der Waals surface area contributed by atoms with Gasteiger partial charge in [0.15, 0.2) is 0 Å². The van der Waals surface area contributed by atoms with Gasteiger partial charge in [0.1, 0.15) is 5.82 Å². The van der Waals surface area contributed by atoms with Crippen molar-refractivity contribution in [2.75, 3.05) is 25.0 Å². The molecule has 1 aromatic rings. The van der Waals surface area contributed by atoms with Gasteiger partial charge in [0.05, 0.1) is 16.0 Å². The van der Waals surface area contributed by atoms with E-state index in [1.807, 2.05) is 11.8 Å². The number of carbonyl (C=O) groups is 2. The third-order valence-electron chi connectivity index (χ3n) is 3.62. The summed E-state index contributed by atoms with van der Waals surface area (Å²) in [5, 5.41) is 11.8. The number of carbonyl (C=O) groups excluding carboxylic acids is 1. The van der Waals surface area contributed by atoms with Gasteiger partial charge in [-0.05, 0) is 19.4 Å². The number of carboxylic acid groups (broad SMARTS) is 1. The monoisotopic (exact) mass is 297 g/mol. The molecule has 0 saturated carbocycles. The van der Waals surface area contributed by atoms with Crippen molar-refractivity contribution in [3.8, 4) is 0 Å². The van der Waals surface area contributed by atoms with Crippen LogP contribution in [0.3, 0.4) is 0 Å². The summed E-state index contributed by atoms with van der Waals surface area (Å²) >= 11 is 6.09. The summed E-state index contributed by atoms with van der Waals surface area (Å²) in [6.45, 7) is 3.06. The lowest BCUT2D eigenvalue weighted by atomic mass is 9.89. The number of amides is 1. The average Bonchev–Trinajstić information content (AvgIpc) is 2.81. The standard InChI is InChI=1S/C13H16ClN3O3/c1-13(12(20)15-2)3-4-17(7-13)10-9(14)5-8(6-16-10)11(18)19/h5-6H,3-4,7H2,1-2H3,(H,15,20)(H,18,19). The number of carboxylic acids is 1.